The molecule has 17 heavy (non-hydrogen) atoms. The van der Waals surface area contributed by atoms with Crippen LogP contribution in [0.15, 0.2) is 10.4 Å². The maximum absolute atomic E-state index is 4.39. The lowest BCUT2D eigenvalue weighted by atomic mass is 9.50. The minimum absolute atomic E-state index is 0.00363. The number of hydrogen-bond acceptors (Lipinski definition) is 4. The normalized spacial score (nSPS) is 19.2. The highest BCUT2D eigenvalue weighted by molar-refractivity contribution is 6.56. The highest BCUT2D eigenvalue weighted by Gasteiger charge is 2.50. The van der Waals surface area contributed by atoms with Gasteiger partial charge >= 0.3 is 6.98 Å². The fourth-order valence-corrected chi connectivity index (χ4v) is 2.08. The third-order valence-corrected chi connectivity index (χ3v) is 3.23. The van der Waals surface area contributed by atoms with E-state index in [9.17, 15) is 0 Å². The summed E-state index contributed by atoms with van der Waals surface area (Å²) in [5.41, 5.74) is 0.00363. The molecule has 0 spiro atoms. The van der Waals surface area contributed by atoms with E-state index in [0.29, 0.717) is 6.04 Å². The molecule has 0 aromatic rings. The van der Waals surface area contributed by atoms with Gasteiger partial charge in [-0.15, -0.1) is 0 Å². The quantitative estimate of drug-likeness (QED) is 0.685. The molecule has 1 aliphatic heterocycles. The average molecular weight is 238 g/mol. The Hall–Kier alpha value is -0.735. The monoisotopic (exact) mass is 238 g/mol. The van der Waals surface area contributed by atoms with Crippen molar-refractivity contribution in [1.82, 2.24) is 9.84 Å². The van der Waals surface area contributed by atoms with Gasteiger partial charge in [0.05, 0.1) is 0 Å². The Morgan fingerprint density at radius 3 is 1.94 bits per heavy atom. The molecule has 1 rings (SSSR count). The zero-order valence-corrected chi connectivity index (χ0v) is 12.7. The van der Waals surface area contributed by atoms with Crippen molar-refractivity contribution in [2.75, 3.05) is 0 Å². The second kappa shape index (κ2) is 4.50. The molecule has 0 fully saturated rings. The molecule has 1 aliphatic rings. The van der Waals surface area contributed by atoms with Gasteiger partial charge in [0, 0.05) is 11.6 Å². The summed E-state index contributed by atoms with van der Waals surface area (Å²) in [4.78, 5) is 4.30. The van der Waals surface area contributed by atoms with E-state index in [-0.39, 0.29) is 17.8 Å². The van der Waals surface area contributed by atoms with Gasteiger partial charge in [-0.05, 0) is 39.4 Å². The average Bonchev–Trinajstić information content (AvgIpc) is 2.59. The molecule has 0 radical (unpaired) electrons. The molecule has 0 saturated heterocycles. The first-order valence-corrected chi connectivity index (χ1v) is 6.58. The van der Waals surface area contributed by atoms with Crippen molar-refractivity contribution >= 4 is 6.98 Å². The van der Waals surface area contributed by atoms with E-state index < -0.39 is 0 Å². The van der Waals surface area contributed by atoms with Gasteiger partial charge in [0.25, 0.3) is 0 Å². The summed E-state index contributed by atoms with van der Waals surface area (Å²) in [5, 5.41) is 8.90. The first kappa shape index (κ1) is 14.3. The topological polar surface area (TPSA) is 31.2 Å². The lowest BCUT2D eigenvalue weighted by molar-refractivity contribution is 0.242. The maximum Gasteiger partial charge on any atom is 0.419 e. The van der Waals surface area contributed by atoms with Crippen molar-refractivity contribution in [2.24, 2.45) is 10.4 Å². The van der Waals surface area contributed by atoms with Crippen LogP contribution in [0.4, 0.5) is 0 Å². The second-order valence-corrected chi connectivity index (χ2v) is 7.07. The van der Waals surface area contributed by atoms with E-state index in [1.165, 1.54) is 0 Å². The van der Waals surface area contributed by atoms with Crippen LogP contribution in [0, 0.1) is 0 Å². The minimum Gasteiger partial charge on any atom is -0.292 e. The van der Waals surface area contributed by atoms with Crippen LogP contribution < -0.4 is 0 Å². The molecule has 1 heterocycles. The van der Waals surface area contributed by atoms with Gasteiger partial charge in [0.2, 0.25) is 0 Å². The van der Waals surface area contributed by atoms with Crippen LogP contribution in [0.3, 0.4) is 0 Å². The van der Waals surface area contributed by atoms with E-state index in [1.54, 1.807) is 0 Å². The molecule has 0 aromatic heterocycles. The van der Waals surface area contributed by atoms with E-state index in [1.807, 2.05) is 0 Å². The summed E-state index contributed by atoms with van der Waals surface area (Å²) >= 11 is 0. The van der Waals surface area contributed by atoms with Gasteiger partial charge in [-0.2, -0.15) is 0 Å². The predicted molar refractivity (Wildman–Crippen MR) is 73.5 cm³/mol. The predicted octanol–water partition coefficient (Wildman–Crippen LogP) is 3.77. The van der Waals surface area contributed by atoms with Crippen molar-refractivity contribution in [1.29, 1.82) is 0 Å². The largest absolute Gasteiger partial charge is 0.419 e. The van der Waals surface area contributed by atoms with Crippen molar-refractivity contribution in [3.8, 4) is 0 Å². The van der Waals surface area contributed by atoms with Crippen LogP contribution in [0.1, 0.15) is 61.8 Å². The smallest absolute Gasteiger partial charge is 0.292 e. The molecule has 5 heteroatoms. The zero-order chi connectivity index (χ0) is 13.4. The Balaban J connectivity index is 3.03. The molecule has 0 amide bonds. The fourth-order valence-electron chi connectivity index (χ4n) is 2.08. The Morgan fingerprint density at radius 2 is 1.59 bits per heavy atom. The van der Waals surface area contributed by atoms with Crippen LogP contribution in [-0.2, 0) is 0 Å². The molecule has 1 atom stereocenters. The van der Waals surface area contributed by atoms with Crippen molar-refractivity contribution < 1.29 is 0 Å². The molecule has 0 aliphatic carbocycles. The SMILES string of the molecule is CCC(C)N1N=NN(C(C)(C)C)B1C(C)(C)C. The summed E-state index contributed by atoms with van der Waals surface area (Å²) in [5.74, 6) is 0. The molecule has 0 bridgehead atoms. The van der Waals surface area contributed by atoms with Crippen LogP contribution in [-0.4, -0.2) is 28.4 Å². The second-order valence-electron chi connectivity index (χ2n) is 7.07. The Morgan fingerprint density at radius 1 is 1.06 bits per heavy atom. The third kappa shape index (κ3) is 2.93. The first-order valence-electron chi connectivity index (χ1n) is 6.58. The molecule has 98 valence electrons. The number of hydrogen-bond donors (Lipinski definition) is 0. The van der Waals surface area contributed by atoms with Crippen molar-refractivity contribution in [3.63, 3.8) is 0 Å². The standard InChI is InChI=1S/C12H27BN4/c1-9-10(2)16-13(11(3,4)5)17(15-14-16)12(6,7)8/h10H,9H2,1-8H3. The minimum atomic E-state index is 0.00363. The van der Waals surface area contributed by atoms with Gasteiger partial charge in [0.1, 0.15) is 0 Å². The Labute approximate surface area is 107 Å². The van der Waals surface area contributed by atoms with Crippen LogP contribution in [0.25, 0.3) is 0 Å². The molecular formula is C12H27BN4. The van der Waals surface area contributed by atoms with Crippen molar-refractivity contribution in [3.05, 3.63) is 0 Å². The molecule has 4 nitrogen and oxygen atoms in total. The Kier molecular flexibility index (Phi) is 3.79. The third-order valence-electron chi connectivity index (χ3n) is 3.23. The van der Waals surface area contributed by atoms with Crippen molar-refractivity contribution in [2.45, 2.75) is 78.7 Å². The molecule has 0 N–H and O–H groups in total. The van der Waals surface area contributed by atoms with Gasteiger partial charge in [-0.3, -0.25) is 9.84 Å². The first-order chi connectivity index (χ1) is 7.59. The van der Waals surface area contributed by atoms with Crippen LogP contribution in [0.2, 0.25) is 5.31 Å². The lowest BCUT2D eigenvalue weighted by Gasteiger charge is -2.41. The van der Waals surface area contributed by atoms with Crippen LogP contribution in [0.5, 0.6) is 0 Å². The highest BCUT2D eigenvalue weighted by atomic mass is 15.7. The van der Waals surface area contributed by atoms with E-state index in [2.05, 4.69) is 75.7 Å². The van der Waals surface area contributed by atoms with Gasteiger partial charge in [-0.25, -0.2) is 0 Å². The maximum atomic E-state index is 4.39. The molecule has 0 aromatic carbocycles. The van der Waals surface area contributed by atoms with E-state index in [4.69, 9.17) is 0 Å². The fraction of sp³-hybridized carbons (Fsp3) is 1.00. The molecule has 1 unspecified atom stereocenters. The summed E-state index contributed by atoms with van der Waals surface area (Å²) in [6.45, 7) is 18.0. The highest BCUT2D eigenvalue weighted by Crippen LogP contribution is 2.39. The molecular weight excluding hydrogens is 211 g/mol. The Bertz CT molecular complexity index is 290. The van der Waals surface area contributed by atoms with E-state index >= 15 is 0 Å². The molecule has 0 saturated carbocycles. The lowest BCUT2D eigenvalue weighted by Crippen LogP contribution is -2.57. The summed E-state index contributed by atoms with van der Waals surface area (Å²) in [6, 6.07) is 0.426. The van der Waals surface area contributed by atoms with Gasteiger partial charge in [-0.1, -0.05) is 38.1 Å². The van der Waals surface area contributed by atoms with E-state index in [0.717, 1.165) is 6.42 Å². The summed E-state index contributed by atoms with van der Waals surface area (Å²) in [7, 11) is 0. The van der Waals surface area contributed by atoms with Gasteiger partial charge < -0.3 is 0 Å². The number of rotatable bonds is 2. The van der Waals surface area contributed by atoms with Gasteiger partial charge in [0.15, 0.2) is 0 Å². The van der Waals surface area contributed by atoms with Crippen LogP contribution >= 0.6 is 0 Å². The summed E-state index contributed by atoms with van der Waals surface area (Å²) < 4.78 is 0. The summed E-state index contributed by atoms with van der Waals surface area (Å²) in [6.07, 6.45) is 1.09. The zero-order valence-electron chi connectivity index (χ0n) is 12.7. The number of nitrogens with zero attached hydrogens (tertiary/aromatic N) is 4.